The Balaban J connectivity index is 3.19. The smallest absolute Gasteiger partial charge is 0.251 e. The van der Waals surface area contributed by atoms with Gasteiger partial charge in [-0.3, -0.25) is 4.31 Å². The maximum atomic E-state index is 11.9. The lowest BCUT2D eigenvalue weighted by Gasteiger charge is -2.22. The van der Waals surface area contributed by atoms with Crippen LogP contribution in [0.15, 0.2) is 24.3 Å². The molecule has 0 aliphatic carbocycles. The molecule has 0 radical (unpaired) electrons. The van der Waals surface area contributed by atoms with Crippen LogP contribution in [-0.4, -0.2) is 20.7 Å². The molecule has 0 bridgehead atoms. The van der Waals surface area contributed by atoms with Crippen LogP contribution >= 0.6 is 0 Å². The molecule has 0 saturated heterocycles. The Morgan fingerprint density at radius 3 is 2.44 bits per heavy atom. The second kappa shape index (κ2) is 4.54. The highest BCUT2D eigenvalue weighted by molar-refractivity contribution is 7.93. The van der Waals surface area contributed by atoms with E-state index in [1.165, 1.54) is 14.0 Å². The molecule has 0 aromatic heterocycles. The summed E-state index contributed by atoms with van der Waals surface area (Å²) in [5.41, 5.74) is 1.46. The number of nitrogens with zero attached hydrogens (tertiary/aromatic N) is 2. The molecule has 4 nitrogen and oxygen atoms in total. The second-order valence-corrected chi connectivity index (χ2v) is 5.86. The van der Waals surface area contributed by atoms with Gasteiger partial charge in [0.15, 0.2) is 5.25 Å². The first-order valence-corrected chi connectivity index (χ1v) is 6.34. The van der Waals surface area contributed by atoms with Gasteiger partial charge in [-0.05, 0) is 25.5 Å². The largest absolute Gasteiger partial charge is 0.272 e. The monoisotopic (exact) mass is 238 g/mol. The van der Waals surface area contributed by atoms with Crippen molar-refractivity contribution < 1.29 is 8.42 Å². The zero-order chi connectivity index (χ0) is 12.3. The van der Waals surface area contributed by atoms with Crippen molar-refractivity contribution in [3.8, 4) is 6.07 Å². The summed E-state index contributed by atoms with van der Waals surface area (Å²) in [6, 6.07) is 8.91. The van der Waals surface area contributed by atoms with E-state index in [4.69, 9.17) is 5.26 Å². The average Bonchev–Trinajstić information content (AvgIpc) is 2.27. The first-order valence-electron chi connectivity index (χ1n) is 4.84. The standard InChI is InChI=1S/C11H14N2O2S/c1-9-6-4-5-7-11(9)13(3)16(14,15)10(2)8-12/h4-7,10H,1-3H3. The number of aryl methyl sites for hydroxylation is 1. The SMILES string of the molecule is Cc1ccccc1N(C)S(=O)(=O)C(C)C#N. The molecule has 0 spiro atoms. The van der Waals surface area contributed by atoms with Crippen LogP contribution in [0.1, 0.15) is 12.5 Å². The van der Waals surface area contributed by atoms with Crippen molar-refractivity contribution in [3.63, 3.8) is 0 Å². The fraction of sp³-hybridized carbons (Fsp3) is 0.364. The molecular weight excluding hydrogens is 224 g/mol. The summed E-state index contributed by atoms with van der Waals surface area (Å²) >= 11 is 0. The minimum atomic E-state index is -3.59. The summed E-state index contributed by atoms with van der Waals surface area (Å²) in [6.45, 7) is 3.21. The van der Waals surface area contributed by atoms with Gasteiger partial charge in [-0.15, -0.1) is 0 Å². The van der Waals surface area contributed by atoms with E-state index < -0.39 is 15.3 Å². The third kappa shape index (κ3) is 2.17. The van der Waals surface area contributed by atoms with E-state index in [0.717, 1.165) is 9.87 Å². The van der Waals surface area contributed by atoms with Gasteiger partial charge in [0.05, 0.1) is 11.8 Å². The molecule has 0 aliphatic rings. The molecule has 1 unspecified atom stereocenters. The Kier molecular flexibility index (Phi) is 3.55. The third-order valence-electron chi connectivity index (χ3n) is 2.47. The summed E-state index contributed by atoms with van der Waals surface area (Å²) in [6.07, 6.45) is 0. The van der Waals surface area contributed by atoms with Crippen molar-refractivity contribution in [3.05, 3.63) is 29.8 Å². The van der Waals surface area contributed by atoms with Crippen LogP contribution in [-0.2, 0) is 10.0 Å². The van der Waals surface area contributed by atoms with Gasteiger partial charge in [-0.2, -0.15) is 5.26 Å². The summed E-state index contributed by atoms with van der Waals surface area (Å²) in [5.74, 6) is 0. The lowest BCUT2D eigenvalue weighted by Crippen LogP contribution is -2.34. The van der Waals surface area contributed by atoms with E-state index in [-0.39, 0.29) is 0 Å². The first kappa shape index (κ1) is 12.5. The van der Waals surface area contributed by atoms with Gasteiger partial charge in [0.25, 0.3) is 10.0 Å². The molecule has 0 fully saturated rings. The number of anilines is 1. The minimum absolute atomic E-state index is 0.601. The van der Waals surface area contributed by atoms with E-state index in [2.05, 4.69) is 0 Å². The predicted molar refractivity (Wildman–Crippen MR) is 63.6 cm³/mol. The van der Waals surface area contributed by atoms with Gasteiger partial charge in [0, 0.05) is 7.05 Å². The lowest BCUT2D eigenvalue weighted by molar-refractivity contribution is 0.590. The Labute approximate surface area is 96.2 Å². The Morgan fingerprint density at radius 2 is 1.94 bits per heavy atom. The van der Waals surface area contributed by atoms with Gasteiger partial charge < -0.3 is 0 Å². The van der Waals surface area contributed by atoms with Gasteiger partial charge in [-0.25, -0.2) is 8.42 Å². The molecule has 0 saturated carbocycles. The molecule has 0 amide bonds. The predicted octanol–water partition coefficient (Wildman–Crippen LogP) is 1.67. The molecule has 1 atom stereocenters. The summed E-state index contributed by atoms with van der Waals surface area (Å²) < 4.78 is 25.0. The van der Waals surface area contributed by atoms with E-state index in [0.29, 0.717) is 5.69 Å². The van der Waals surface area contributed by atoms with Crippen LogP contribution < -0.4 is 4.31 Å². The summed E-state index contributed by atoms with van der Waals surface area (Å²) in [7, 11) is -2.13. The van der Waals surface area contributed by atoms with Gasteiger partial charge in [-0.1, -0.05) is 18.2 Å². The van der Waals surface area contributed by atoms with E-state index in [1.54, 1.807) is 18.2 Å². The van der Waals surface area contributed by atoms with E-state index in [9.17, 15) is 8.42 Å². The maximum Gasteiger partial charge on any atom is 0.251 e. The van der Waals surface area contributed by atoms with Crippen LogP contribution in [0, 0.1) is 18.3 Å². The van der Waals surface area contributed by atoms with Gasteiger partial charge in [0.2, 0.25) is 0 Å². The molecule has 0 heterocycles. The lowest BCUT2D eigenvalue weighted by atomic mass is 10.2. The fourth-order valence-electron chi connectivity index (χ4n) is 1.36. The molecule has 1 aromatic carbocycles. The van der Waals surface area contributed by atoms with Crippen LogP contribution in [0.2, 0.25) is 0 Å². The maximum absolute atomic E-state index is 11.9. The van der Waals surface area contributed by atoms with Crippen molar-refractivity contribution in [2.45, 2.75) is 19.1 Å². The topological polar surface area (TPSA) is 61.2 Å². The normalized spacial score (nSPS) is 12.9. The van der Waals surface area contributed by atoms with Crippen LogP contribution in [0.5, 0.6) is 0 Å². The number of para-hydroxylation sites is 1. The summed E-state index contributed by atoms with van der Waals surface area (Å²) in [5, 5.41) is 7.64. The van der Waals surface area contributed by atoms with Gasteiger partial charge in [0.1, 0.15) is 0 Å². The Hall–Kier alpha value is -1.54. The highest BCUT2D eigenvalue weighted by atomic mass is 32.2. The number of nitriles is 1. The number of benzene rings is 1. The number of hydrogen-bond acceptors (Lipinski definition) is 3. The van der Waals surface area contributed by atoms with Crippen molar-refractivity contribution in [2.75, 3.05) is 11.4 Å². The summed E-state index contributed by atoms with van der Waals surface area (Å²) in [4.78, 5) is 0. The molecule has 1 rings (SSSR count). The molecule has 16 heavy (non-hydrogen) atoms. The molecule has 86 valence electrons. The fourth-order valence-corrected chi connectivity index (χ4v) is 2.44. The average molecular weight is 238 g/mol. The Morgan fingerprint density at radius 1 is 1.38 bits per heavy atom. The minimum Gasteiger partial charge on any atom is -0.272 e. The first-order chi connectivity index (χ1) is 7.41. The second-order valence-electron chi connectivity index (χ2n) is 3.57. The molecular formula is C11H14N2O2S. The number of rotatable bonds is 3. The van der Waals surface area contributed by atoms with Crippen LogP contribution in [0.3, 0.4) is 0 Å². The van der Waals surface area contributed by atoms with Gasteiger partial charge >= 0.3 is 0 Å². The highest BCUT2D eigenvalue weighted by Crippen LogP contribution is 2.22. The quantitative estimate of drug-likeness (QED) is 0.804. The van der Waals surface area contributed by atoms with Crippen LogP contribution in [0.4, 0.5) is 5.69 Å². The van der Waals surface area contributed by atoms with E-state index in [1.807, 2.05) is 19.1 Å². The van der Waals surface area contributed by atoms with E-state index >= 15 is 0 Å². The molecule has 0 aliphatic heterocycles. The Bertz CT molecular complexity index is 517. The third-order valence-corrected chi connectivity index (χ3v) is 4.42. The molecule has 5 heteroatoms. The van der Waals surface area contributed by atoms with Crippen molar-refractivity contribution in [2.24, 2.45) is 0 Å². The van der Waals surface area contributed by atoms with Crippen molar-refractivity contribution in [1.29, 1.82) is 5.26 Å². The zero-order valence-corrected chi connectivity index (χ0v) is 10.3. The number of sulfonamides is 1. The molecule has 1 aromatic rings. The van der Waals surface area contributed by atoms with Crippen molar-refractivity contribution in [1.82, 2.24) is 0 Å². The number of hydrogen-bond donors (Lipinski definition) is 0. The highest BCUT2D eigenvalue weighted by Gasteiger charge is 2.26. The van der Waals surface area contributed by atoms with Crippen molar-refractivity contribution >= 4 is 15.7 Å². The van der Waals surface area contributed by atoms with Crippen LogP contribution in [0.25, 0.3) is 0 Å². The molecule has 0 N–H and O–H groups in total. The zero-order valence-electron chi connectivity index (χ0n) is 9.51.